The van der Waals surface area contributed by atoms with Gasteiger partial charge in [-0.3, -0.25) is 4.79 Å². The molecule has 0 bridgehead atoms. The number of carbonyl (C=O) groups is 3. The predicted molar refractivity (Wildman–Crippen MR) is 131 cm³/mol. The molecule has 0 aliphatic rings. The van der Waals surface area contributed by atoms with Crippen LogP contribution in [0.2, 0.25) is 0 Å². The second-order valence-electron chi connectivity index (χ2n) is 8.87. The van der Waals surface area contributed by atoms with Crippen LogP contribution in [0.1, 0.15) is 51.2 Å². The van der Waals surface area contributed by atoms with E-state index in [1.54, 1.807) is 20.8 Å². The third-order valence-corrected chi connectivity index (χ3v) is 4.63. The van der Waals surface area contributed by atoms with E-state index < -0.39 is 17.8 Å². The van der Waals surface area contributed by atoms with E-state index in [1.807, 2.05) is 54.6 Å². The van der Waals surface area contributed by atoms with Gasteiger partial charge in [0.2, 0.25) is 5.91 Å². The Morgan fingerprint density at radius 1 is 0.794 bits per heavy atom. The van der Waals surface area contributed by atoms with Gasteiger partial charge >= 0.3 is 12.2 Å². The molecule has 0 atom stereocenters. The maximum absolute atomic E-state index is 12.0. The molecular formula is C26H35N3O5. The largest absolute Gasteiger partial charge is 0.445 e. The van der Waals surface area contributed by atoms with Crippen molar-refractivity contribution in [1.29, 1.82) is 0 Å². The van der Waals surface area contributed by atoms with Crippen molar-refractivity contribution < 1.29 is 23.9 Å². The molecule has 8 heteroatoms. The van der Waals surface area contributed by atoms with Crippen LogP contribution in [0.5, 0.6) is 0 Å². The first-order valence-electron chi connectivity index (χ1n) is 11.5. The average molecular weight is 470 g/mol. The number of ether oxygens (including phenoxy) is 2. The van der Waals surface area contributed by atoms with Crippen LogP contribution in [0.4, 0.5) is 15.3 Å². The average Bonchev–Trinajstić information content (AvgIpc) is 2.78. The van der Waals surface area contributed by atoms with Crippen molar-refractivity contribution in [2.45, 2.75) is 58.7 Å². The van der Waals surface area contributed by atoms with Crippen LogP contribution >= 0.6 is 0 Å². The molecule has 2 rings (SSSR count). The minimum Gasteiger partial charge on any atom is -0.445 e. The number of amides is 3. The SMILES string of the molecule is CC(C)(C)OC(=O)NCCC(=O)Nc1ccc(CCCCNC(=O)OCc2ccccc2)cc1. The first-order valence-corrected chi connectivity index (χ1v) is 11.5. The molecule has 0 fully saturated rings. The summed E-state index contributed by atoms with van der Waals surface area (Å²) in [5, 5.41) is 8.14. The van der Waals surface area contributed by atoms with Crippen LogP contribution in [-0.4, -0.2) is 36.8 Å². The highest BCUT2D eigenvalue weighted by Crippen LogP contribution is 2.12. The van der Waals surface area contributed by atoms with Gasteiger partial charge < -0.3 is 25.4 Å². The Labute approximate surface area is 201 Å². The van der Waals surface area contributed by atoms with Crippen molar-refractivity contribution >= 4 is 23.8 Å². The molecule has 0 spiro atoms. The van der Waals surface area contributed by atoms with E-state index in [9.17, 15) is 14.4 Å². The van der Waals surface area contributed by atoms with Gasteiger partial charge in [0.25, 0.3) is 0 Å². The summed E-state index contributed by atoms with van der Waals surface area (Å²) in [6.07, 6.45) is 1.83. The van der Waals surface area contributed by atoms with E-state index >= 15 is 0 Å². The Bertz CT molecular complexity index is 908. The van der Waals surface area contributed by atoms with Crippen LogP contribution in [0, 0.1) is 0 Å². The highest BCUT2D eigenvalue weighted by atomic mass is 16.6. The second-order valence-corrected chi connectivity index (χ2v) is 8.87. The number of hydrogen-bond donors (Lipinski definition) is 3. The number of unbranched alkanes of at least 4 members (excludes halogenated alkanes) is 1. The lowest BCUT2D eigenvalue weighted by atomic mass is 10.1. The molecule has 0 aliphatic carbocycles. The fourth-order valence-corrected chi connectivity index (χ4v) is 2.99. The summed E-state index contributed by atoms with van der Waals surface area (Å²) in [5.74, 6) is -0.186. The Hall–Kier alpha value is -3.55. The van der Waals surface area contributed by atoms with Crippen LogP contribution in [0.15, 0.2) is 54.6 Å². The molecular weight excluding hydrogens is 434 g/mol. The highest BCUT2D eigenvalue weighted by Gasteiger charge is 2.15. The van der Waals surface area contributed by atoms with E-state index in [0.717, 1.165) is 30.4 Å². The van der Waals surface area contributed by atoms with Crippen LogP contribution < -0.4 is 16.0 Å². The molecule has 8 nitrogen and oxygen atoms in total. The van der Waals surface area contributed by atoms with Crippen LogP contribution in [0.25, 0.3) is 0 Å². The van der Waals surface area contributed by atoms with Crippen LogP contribution in [0.3, 0.4) is 0 Å². The monoisotopic (exact) mass is 469 g/mol. The van der Waals surface area contributed by atoms with Crippen LogP contribution in [-0.2, 0) is 27.3 Å². The van der Waals surface area contributed by atoms with Gasteiger partial charge in [-0.1, -0.05) is 42.5 Å². The third-order valence-electron chi connectivity index (χ3n) is 4.63. The van der Waals surface area contributed by atoms with Crippen molar-refractivity contribution in [2.24, 2.45) is 0 Å². The zero-order chi connectivity index (χ0) is 24.8. The Balaban J connectivity index is 1.56. The smallest absolute Gasteiger partial charge is 0.407 e. The summed E-state index contributed by atoms with van der Waals surface area (Å²) in [4.78, 5) is 35.4. The van der Waals surface area contributed by atoms with E-state index in [0.29, 0.717) is 12.2 Å². The Morgan fingerprint density at radius 3 is 2.15 bits per heavy atom. The molecule has 184 valence electrons. The van der Waals surface area contributed by atoms with Gasteiger partial charge in [-0.05, 0) is 63.3 Å². The Morgan fingerprint density at radius 2 is 1.47 bits per heavy atom. The lowest BCUT2D eigenvalue weighted by Crippen LogP contribution is -2.34. The summed E-state index contributed by atoms with van der Waals surface area (Å²) in [7, 11) is 0. The lowest BCUT2D eigenvalue weighted by molar-refractivity contribution is -0.116. The van der Waals surface area contributed by atoms with Crippen molar-refractivity contribution in [3.8, 4) is 0 Å². The van der Waals surface area contributed by atoms with Gasteiger partial charge in [-0.25, -0.2) is 9.59 Å². The highest BCUT2D eigenvalue weighted by molar-refractivity contribution is 5.91. The molecule has 0 aromatic heterocycles. The van der Waals surface area contributed by atoms with Crippen molar-refractivity contribution in [2.75, 3.05) is 18.4 Å². The fraction of sp³-hybridized carbons (Fsp3) is 0.423. The number of rotatable bonds is 11. The molecule has 0 saturated carbocycles. The molecule has 3 N–H and O–H groups in total. The quantitative estimate of drug-likeness (QED) is 0.410. The molecule has 0 aliphatic heterocycles. The number of alkyl carbamates (subject to hydrolysis) is 2. The predicted octanol–water partition coefficient (Wildman–Crippen LogP) is 4.79. The molecule has 34 heavy (non-hydrogen) atoms. The maximum atomic E-state index is 12.0. The van der Waals surface area contributed by atoms with E-state index in [4.69, 9.17) is 9.47 Å². The van der Waals surface area contributed by atoms with Crippen molar-refractivity contribution in [1.82, 2.24) is 10.6 Å². The van der Waals surface area contributed by atoms with Gasteiger partial charge in [0, 0.05) is 25.2 Å². The summed E-state index contributed by atoms with van der Waals surface area (Å²) in [6, 6.07) is 17.2. The topological polar surface area (TPSA) is 106 Å². The molecule has 0 saturated heterocycles. The molecule has 0 heterocycles. The first-order chi connectivity index (χ1) is 16.2. The summed E-state index contributed by atoms with van der Waals surface area (Å²) in [5.41, 5.74) is 2.23. The molecule has 0 radical (unpaired) electrons. The van der Waals surface area contributed by atoms with Gasteiger partial charge in [0.15, 0.2) is 0 Å². The number of nitrogens with one attached hydrogen (secondary N) is 3. The number of carbonyl (C=O) groups excluding carboxylic acids is 3. The summed E-state index contributed by atoms with van der Waals surface area (Å²) in [6.45, 7) is 6.36. The molecule has 3 amide bonds. The van der Waals surface area contributed by atoms with E-state index in [2.05, 4.69) is 16.0 Å². The normalized spacial score (nSPS) is 10.8. The number of hydrogen-bond acceptors (Lipinski definition) is 5. The van der Waals surface area contributed by atoms with Gasteiger partial charge in [0.05, 0.1) is 0 Å². The minimum absolute atomic E-state index is 0.155. The van der Waals surface area contributed by atoms with Gasteiger partial charge in [-0.15, -0.1) is 0 Å². The number of anilines is 1. The second kappa shape index (κ2) is 13.9. The van der Waals surface area contributed by atoms with Crippen molar-refractivity contribution in [3.63, 3.8) is 0 Å². The third kappa shape index (κ3) is 11.9. The maximum Gasteiger partial charge on any atom is 0.407 e. The van der Waals surface area contributed by atoms with Gasteiger partial charge in [-0.2, -0.15) is 0 Å². The van der Waals surface area contributed by atoms with Crippen molar-refractivity contribution in [3.05, 3.63) is 65.7 Å². The minimum atomic E-state index is -0.570. The Kier molecular flexibility index (Phi) is 10.9. The molecule has 2 aromatic rings. The standard InChI is InChI=1S/C26H35N3O5/c1-26(2,3)34-25(32)28-18-16-23(30)29-22-14-12-20(13-15-22)9-7-8-17-27-24(31)33-19-21-10-5-4-6-11-21/h4-6,10-15H,7-9,16-19H2,1-3H3,(H,27,31)(H,28,32)(H,29,30). The first kappa shape index (κ1) is 26.7. The fourth-order valence-electron chi connectivity index (χ4n) is 2.99. The van der Waals surface area contributed by atoms with E-state index in [1.165, 1.54) is 0 Å². The lowest BCUT2D eigenvalue weighted by Gasteiger charge is -2.19. The van der Waals surface area contributed by atoms with Gasteiger partial charge in [0.1, 0.15) is 12.2 Å². The summed E-state index contributed by atoms with van der Waals surface area (Å²) >= 11 is 0. The molecule has 2 aromatic carbocycles. The number of aryl methyl sites for hydroxylation is 1. The zero-order valence-electron chi connectivity index (χ0n) is 20.2. The number of benzene rings is 2. The zero-order valence-corrected chi connectivity index (χ0v) is 20.2. The molecule has 0 unspecified atom stereocenters. The summed E-state index contributed by atoms with van der Waals surface area (Å²) < 4.78 is 10.3. The van der Waals surface area contributed by atoms with E-state index in [-0.39, 0.29) is 25.5 Å².